The molecule has 0 saturated carbocycles. The summed E-state index contributed by atoms with van der Waals surface area (Å²) in [5.41, 5.74) is 1.08. The first-order valence-electron chi connectivity index (χ1n) is 7.19. The van der Waals surface area contributed by atoms with E-state index in [0.717, 1.165) is 0 Å². The average molecular weight is 343 g/mol. The molecule has 0 unspecified atom stereocenters. The molecule has 7 nitrogen and oxygen atoms in total. The lowest BCUT2D eigenvalue weighted by Gasteiger charge is -2.08. The number of nitro benzene ring substituents is 1. The van der Waals surface area contributed by atoms with Gasteiger partial charge < -0.3 is 9.73 Å². The first-order chi connectivity index (χ1) is 11.5. The molecule has 0 radical (unpaired) electrons. The molecule has 24 heavy (non-hydrogen) atoms. The molecule has 1 aromatic heterocycles. The number of furan rings is 1. The highest BCUT2D eigenvalue weighted by atomic mass is 32.1. The maximum absolute atomic E-state index is 12.1. The summed E-state index contributed by atoms with van der Waals surface area (Å²) in [6.07, 6.45) is 1.58. The fourth-order valence-electron chi connectivity index (χ4n) is 2.33. The van der Waals surface area contributed by atoms with Crippen molar-refractivity contribution in [1.82, 2.24) is 10.2 Å². The molecule has 1 fully saturated rings. The van der Waals surface area contributed by atoms with E-state index in [0.29, 0.717) is 34.4 Å². The zero-order valence-corrected chi connectivity index (χ0v) is 13.5. The summed E-state index contributed by atoms with van der Waals surface area (Å²) in [5.74, 6) is 0.841. The molecular weight excluding hydrogens is 330 g/mol. The van der Waals surface area contributed by atoms with Crippen molar-refractivity contribution in [1.29, 1.82) is 0 Å². The van der Waals surface area contributed by atoms with Crippen LogP contribution in [0, 0.1) is 10.1 Å². The molecule has 0 bridgehead atoms. The van der Waals surface area contributed by atoms with Crippen LogP contribution in [0.3, 0.4) is 0 Å². The average Bonchev–Trinajstić information content (AvgIpc) is 3.13. The minimum atomic E-state index is -0.457. The summed E-state index contributed by atoms with van der Waals surface area (Å²) in [6.45, 7) is 2.34. The lowest BCUT2D eigenvalue weighted by Crippen LogP contribution is -2.30. The molecule has 0 spiro atoms. The molecule has 0 aliphatic carbocycles. The van der Waals surface area contributed by atoms with E-state index in [1.165, 1.54) is 17.0 Å². The van der Waals surface area contributed by atoms with Crippen molar-refractivity contribution < 1.29 is 14.1 Å². The second-order valence-electron chi connectivity index (χ2n) is 5.04. The highest BCUT2D eigenvalue weighted by molar-refractivity contribution is 7.80. The van der Waals surface area contributed by atoms with Gasteiger partial charge in [0.05, 0.1) is 4.92 Å². The van der Waals surface area contributed by atoms with Gasteiger partial charge in [-0.3, -0.25) is 19.8 Å². The predicted molar refractivity (Wildman–Crippen MR) is 91.9 cm³/mol. The Kier molecular flexibility index (Phi) is 4.13. The summed E-state index contributed by atoms with van der Waals surface area (Å²) in [5, 5.41) is 13.9. The van der Waals surface area contributed by atoms with Crippen LogP contribution >= 0.6 is 12.2 Å². The van der Waals surface area contributed by atoms with Gasteiger partial charge in [-0.15, -0.1) is 0 Å². The lowest BCUT2D eigenvalue weighted by atomic mass is 10.1. The van der Waals surface area contributed by atoms with Crippen molar-refractivity contribution >= 4 is 35.0 Å². The number of likely N-dealkylation sites (N-methyl/N-ethyl adjacent to an activating group) is 1. The smallest absolute Gasteiger partial charge is 0.276 e. The number of hydrogen-bond donors (Lipinski definition) is 1. The molecule has 2 heterocycles. The molecule has 2 aromatic rings. The summed E-state index contributed by atoms with van der Waals surface area (Å²) in [6, 6.07) is 9.51. The van der Waals surface area contributed by atoms with Crippen molar-refractivity contribution in [2.45, 2.75) is 6.92 Å². The quantitative estimate of drug-likeness (QED) is 0.397. The van der Waals surface area contributed by atoms with Crippen LogP contribution in [-0.2, 0) is 4.79 Å². The third-order valence-electron chi connectivity index (χ3n) is 3.55. The minimum Gasteiger partial charge on any atom is -0.457 e. The summed E-state index contributed by atoms with van der Waals surface area (Å²) >= 11 is 5.09. The largest absolute Gasteiger partial charge is 0.457 e. The Hall–Kier alpha value is -3.00. The Bertz CT molecular complexity index is 854. The van der Waals surface area contributed by atoms with Gasteiger partial charge in [-0.1, -0.05) is 0 Å². The molecule has 1 saturated heterocycles. The molecule has 0 atom stereocenters. The standard InChI is InChI=1S/C16H13N3O4S/c1-2-18-15(20)13(17-16(18)24)9-12-7-8-14(23-12)10-3-5-11(6-4-10)19(21)22/h3-9H,2H2,1H3,(H,17,24)/b13-9+. The van der Waals surface area contributed by atoms with E-state index in [2.05, 4.69) is 5.32 Å². The maximum Gasteiger partial charge on any atom is 0.276 e. The Balaban J connectivity index is 1.83. The van der Waals surface area contributed by atoms with E-state index < -0.39 is 4.92 Å². The van der Waals surface area contributed by atoms with Gasteiger partial charge in [0, 0.05) is 30.3 Å². The number of non-ortho nitro benzene ring substituents is 1. The summed E-state index contributed by atoms with van der Waals surface area (Å²) in [4.78, 5) is 23.8. The van der Waals surface area contributed by atoms with Crippen LogP contribution in [0.2, 0.25) is 0 Å². The van der Waals surface area contributed by atoms with Gasteiger partial charge in [-0.05, 0) is 43.4 Å². The van der Waals surface area contributed by atoms with Crippen molar-refractivity contribution in [3.8, 4) is 11.3 Å². The van der Waals surface area contributed by atoms with Crippen molar-refractivity contribution in [2.75, 3.05) is 6.54 Å². The Morgan fingerprint density at radius 1 is 1.29 bits per heavy atom. The van der Waals surface area contributed by atoms with E-state index in [4.69, 9.17) is 16.6 Å². The summed E-state index contributed by atoms with van der Waals surface area (Å²) in [7, 11) is 0. The molecule has 122 valence electrons. The maximum atomic E-state index is 12.1. The van der Waals surface area contributed by atoms with Crippen LogP contribution in [0.1, 0.15) is 12.7 Å². The fourth-order valence-corrected chi connectivity index (χ4v) is 2.66. The van der Waals surface area contributed by atoms with Crippen LogP contribution in [0.4, 0.5) is 5.69 Å². The van der Waals surface area contributed by atoms with E-state index in [-0.39, 0.29) is 11.6 Å². The number of carbonyl (C=O) groups is 1. The van der Waals surface area contributed by atoms with Gasteiger partial charge in [0.2, 0.25) is 0 Å². The normalized spacial score (nSPS) is 15.9. The highest BCUT2D eigenvalue weighted by Crippen LogP contribution is 2.26. The molecule has 1 aliphatic rings. The molecule has 1 amide bonds. The van der Waals surface area contributed by atoms with E-state index in [9.17, 15) is 14.9 Å². The highest BCUT2D eigenvalue weighted by Gasteiger charge is 2.29. The number of benzene rings is 1. The number of nitro groups is 1. The van der Waals surface area contributed by atoms with E-state index in [1.54, 1.807) is 30.3 Å². The SMILES string of the molecule is CCN1C(=O)/C(=C\c2ccc(-c3ccc([N+](=O)[O-])cc3)o2)NC1=S. The first kappa shape index (κ1) is 15.9. The molecule has 8 heteroatoms. The topological polar surface area (TPSA) is 88.6 Å². The van der Waals surface area contributed by atoms with Gasteiger partial charge >= 0.3 is 0 Å². The van der Waals surface area contributed by atoms with Gasteiger partial charge in [0.25, 0.3) is 11.6 Å². The number of hydrogen-bond acceptors (Lipinski definition) is 5. The third-order valence-corrected chi connectivity index (χ3v) is 3.88. The van der Waals surface area contributed by atoms with Crippen LogP contribution in [0.25, 0.3) is 17.4 Å². The van der Waals surface area contributed by atoms with Gasteiger partial charge in [0.15, 0.2) is 5.11 Å². The molecule has 1 N–H and O–H groups in total. The van der Waals surface area contributed by atoms with Crippen LogP contribution < -0.4 is 5.32 Å². The van der Waals surface area contributed by atoms with Gasteiger partial charge in [-0.25, -0.2) is 0 Å². The van der Waals surface area contributed by atoms with Crippen molar-refractivity contribution in [3.05, 3.63) is 58.0 Å². The Labute approximate surface area is 142 Å². The Morgan fingerprint density at radius 2 is 2.00 bits per heavy atom. The first-order valence-corrected chi connectivity index (χ1v) is 7.59. The van der Waals surface area contributed by atoms with E-state index in [1.807, 2.05) is 6.92 Å². The minimum absolute atomic E-state index is 0.0153. The second kappa shape index (κ2) is 6.25. The van der Waals surface area contributed by atoms with Gasteiger partial charge in [-0.2, -0.15) is 0 Å². The molecule has 1 aromatic carbocycles. The lowest BCUT2D eigenvalue weighted by molar-refractivity contribution is -0.384. The van der Waals surface area contributed by atoms with Crippen LogP contribution in [0.15, 0.2) is 46.5 Å². The number of amides is 1. The number of carbonyl (C=O) groups excluding carboxylic acids is 1. The van der Waals surface area contributed by atoms with Crippen molar-refractivity contribution in [3.63, 3.8) is 0 Å². The van der Waals surface area contributed by atoms with Crippen molar-refractivity contribution in [2.24, 2.45) is 0 Å². The van der Waals surface area contributed by atoms with Crippen LogP contribution in [-0.4, -0.2) is 27.4 Å². The predicted octanol–water partition coefficient (Wildman–Crippen LogP) is 2.93. The number of thiocarbonyl (C=S) groups is 1. The number of nitrogens with one attached hydrogen (secondary N) is 1. The monoisotopic (exact) mass is 343 g/mol. The van der Waals surface area contributed by atoms with E-state index >= 15 is 0 Å². The summed E-state index contributed by atoms with van der Waals surface area (Å²) < 4.78 is 5.68. The number of nitrogens with zero attached hydrogens (tertiary/aromatic N) is 2. The number of rotatable bonds is 4. The third kappa shape index (κ3) is 2.91. The zero-order valence-electron chi connectivity index (χ0n) is 12.7. The van der Waals surface area contributed by atoms with Gasteiger partial charge in [0.1, 0.15) is 17.2 Å². The fraction of sp³-hybridized carbons (Fsp3) is 0.125. The van der Waals surface area contributed by atoms with Crippen LogP contribution in [0.5, 0.6) is 0 Å². The zero-order chi connectivity index (χ0) is 17.3. The molecule has 3 rings (SSSR count). The Morgan fingerprint density at radius 3 is 2.58 bits per heavy atom. The second-order valence-corrected chi connectivity index (χ2v) is 5.43. The molecular formula is C16H13N3O4S. The molecule has 1 aliphatic heterocycles.